The molecule has 0 aliphatic carbocycles. The summed E-state index contributed by atoms with van der Waals surface area (Å²) in [5, 5.41) is 16.3. The van der Waals surface area contributed by atoms with Crippen molar-refractivity contribution < 1.29 is 14.4 Å². The Morgan fingerprint density at radius 2 is 1.77 bits per heavy atom. The van der Waals surface area contributed by atoms with Crippen LogP contribution in [-0.4, -0.2) is 58.5 Å². The number of nitrogens with one attached hydrogen (secondary N) is 4. The minimum absolute atomic E-state index is 0.116. The van der Waals surface area contributed by atoms with Crippen molar-refractivity contribution in [3.05, 3.63) is 89.1 Å². The van der Waals surface area contributed by atoms with Crippen LogP contribution in [0.15, 0.2) is 66.7 Å². The van der Waals surface area contributed by atoms with E-state index >= 15 is 0 Å². The van der Waals surface area contributed by atoms with Crippen molar-refractivity contribution in [2.75, 3.05) is 31.3 Å². The SMILES string of the molecule is C/C=C/C(=O)Nc1ccc(C(=O)Nc2n[nH]c3c2CN(C(=O)N[C@H](CN(C)C)c2ccccc2)[C@@H]3C(C)C)cc1. The summed E-state index contributed by atoms with van der Waals surface area (Å²) in [6.07, 6.45) is 3.08. The van der Waals surface area contributed by atoms with Gasteiger partial charge in [-0.3, -0.25) is 14.7 Å². The molecule has 4 amide bonds. The Morgan fingerprint density at radius 3 is 2.40 bits per heavy atom. The smallest absolute Gasteiger partial charge is 0.318 e. The fraction of sp³-hybridized carbons (Fsp3) is 0.333. The predicted octanol–water partition coefficient (Wildman–Crippen LogP) is 4.70. The van der Waals surface area contributed by atoms with Crippen molar-refractivity contribution >= 4 is 29.4 Å². The van der Waals surface area contributed by atoms with E-state index in [4.69, 9.17) is 0 Å². The van der Waals surface area contributed by atoms with E-state index in [0.29, 0.717) is 30.2 Å². The lowest BCUT2D eigenvalue weighted by molar-refractivity contribution is -0.111. The van der Waals surface area contributed by atoms with Crippen LogP contribution in [-0.2, 0) is 11.3 Å². The molecule has 1 aromatic heterocycles. The Kier molecular flexibility index (Phi) is 9.00. The number of carbonyl (C=O) groups excluding carboxylic acids is 3. The lowest BCUT2D eigenvalue weighted by atomic mass is 10.0. The van der Waals surface area contributed by atoms with Gasteiger partial charge in [-0.05, 0) is 62.8 Å². The second kappa shape index (κ2) is 12.6. The van der Waals surface area contributed by atoms with Crippen LogP contribution in [0.25, 0.3) is 0 Å². The highest BCUT2D eigenvalue weighted by molar-refractivity contribution is 6.05. The normalized spacial score (nSPS) is 15.4. The summed E-state index contributed by atoms with van der Waals surface area (Å²) in [6, 6.07) is 16.0. The van der Waals surface area contributed by atoms with Crippen LogP contribution in [0.3, 0.4) is 0 Å². The average molecular weight is 544 g/mol. The molecule has 1 aliphatic heterocycles. The van der Waals surface area contributed by atoms with E-state index in [1.165, 1.54) is 6.08 Å². The van der Waals surface area contributed by atoms with Crippen LogP contribution in [0.4, 0.5) is 16.3 Å². The first-order valence-corrected chi connectivity index (χ1v) is 13.4. The molecule has 0 bridgehead atoms. The van der Waals surface area contributed by atoms with E-state index in [9.17, 15) is 14.4 Å². The fourth-order valence-electron chi connectivity index (χ4n) is 4.94. The number of anilines is 2. The van der Waals surface area contributed by atoms with Crippen LogP contribution in [0.1, 0.15) is 60.0 Å². The third-order valence-corrected chi connectivity index (χ3v) is 6.76. The van der Waals surface area contributed by atoms with Gasteiger partial charge in [0.05, 0.1) is 24.3 Å². The molecule has 10 nitrogen and oxygen atoms in total. The van der Waals surface area contributed by atoms with E-state index in [1.807, 2.05) is 49.3 Å². The topological polar surface area (TPSA) is 122 Å². The molecule has 1 aliphatic rings. The molecule has 2 atom stereocenters. The van der Waals surface area contributed by atoms with Gasteiger partial charge in [0.1, 0.15) is 0 Å². The third-order valence-electron chi connectivity index (χ3n) is 6.76. The standard InChI is InChI=1S/C30H37N7O3/c1-6-10-25(38)31-22-15-13-21(14-16-22)29(39)33-28-23-17-37(27(19(2)3)26(23)34-35-28)30(40)32-24(18-36(4)5)20-11-8-7-9-12-20/h6-16,19,24,27H,17-18H2,1-5H3,(H,31,38)(H,32,40)(H2,33,34,35,39)/b10-6+/t24-,27-/m1/s1. The zero-order chi connectivity index (χ0) is 28.8. The van der Waals surface area contributed by atoms with Crippen LogP contribution >= 0.6 is 0 Å². The molecule has 2 heterocycles. The Bertz CT molecular complexity index is 1360. The highest BCUT2D eigenvalue weighted by Crippen LogP contribution is 2.40. The van der Waals surface area contributed by atoms with Gasteiger partial charge in [-0.2, -0.15) is 5.10 Å². The average Bonchev–Trinajstić information content (AvgIpc) is 3.49. The molecule has 10 heteroatoms. The molecule has 0 unspecified atom stereocenters. The van der Waals surface area contributed by atoms with Crippen molar-refractivity contribution in [3.63, 3.8) is 0 Å². The number of allylic oxidation sites excluding steroid dienone is 1. The molecule has 0 fully saturated rings. The molecule has 4 rings (SSSR count). The van der Waals surface area contributed by atoms with Crippen molar-refractivity contribution in [1.82, 2.24) is 25.3 Å². The van der Waals surface area contributed by atoms with Gasteiger partial charge in [-0.1, -0.05) is 50.3 Å². The monoisotopic (exact) mass is 543 g/mol. The van der Waals surface area contributed by atoms with Crippen LogP contribution < -0.4 is 16.0 Å². The minimum atomic E-state index is -0.334. The lowest BCUT2D eigenvalue weighted by Gasteiger charge is -2.31. The first-order chi connectivity index (χ1) is 19.2. The maximum Gasteiger partial charge on any atom is 0.318 e. The van der Waals surface area contributed by atoms with E-state index in [0.717, 1.165) is 16.8 Å². The number of urea groups is 1. The van der Waals surface area contributed by atoms with E-state index in [2.05, 4.69) is 40.0 Å². The Hall–Kier alpha value is -4.44. The van der Waals surface area contributed by atoms with Gasteiger partial charge in [0.25, 0.3) is 5.91 Å². The predicted molar refractivity (Wildman–Crippen MR) is 156 cm³/mol. The molecular weight excluding hydrogens is 506 g/mol. The number of aromatic amines is 1. The van der Waals surface area contributed by atoms with Crippen LogP contribution in [0, 0.1) is 5.92 Å². The maximum atomic E-state index is 13.6. The number of rotatable bonds is 9. The number of hydrogen-bond donors (Lipinski definition) is 4. The summed E-state index contributed by atoms with van der Waals surface area (Å²) < 4.78 is 0. The number of aromatic nitrogens is 2. The van der Waals surface area contributed by atoms with E-state index in [1.54, 1.807) is 42.2 Å². The molecule has 0 spiro atoms. The molecule has 3 aromatic rings. The number of hydrogen-bond acceptors (Lipinski definition) is 5. The number of nitrogens with zero attached hydrogens (tertiary/aromatic N) is 3. The van der Waals surface area contributed by atoms with Gasteiger partial charge in [-0.25, -0.2) is 4.79 Å². The van der Waals surface area contributed by atoms with Crippen molar-refractivity contribution in [2.24, 2.45) is 5.92 Å². The summed E-state index contributed by atoms with van der Waals surface area (Å²) in [5.74, 6) is -0.0544. The van der Waals surface area contributed by atoms with Crippen molar-refractivity contribution in [2.45, 2.75) is 39.4 Å². The molecule has 0 saturated heterocycles. The van der Waals surface area contributed by atoms with Gasteiger partial charge in [0.2, 0.25) is 5.91 Å². The number of H-pyrrole nitrogens is 1. The van der Waals surface area contributed by atoms with Gasteiger partial charge >= 0.3 is 6.03 Å². The van der Waals surface area contributed by atoms with Gasteiger partial charge in [-0.15, -0.1) is 0 Å². The van der Waals surface area contributed by atoms with Crippen LogP contribution in [0.2, 0.25) is 0 Å². The quantitative estimate of drug-likeness (QED) is 0.292. The molecular formula is C30H37N7O3. The second-order valence-corrected chi connectivity index (χ2v) is 10.5. The van der Waals surface area contributed by atoms with E-state index in [-0.39, 0.29) is 35.8 Å². The Morgan fingerprint density at radius 1 is 1.07 bits per heavy atom. The van der Waals surface area contributed by atoms with Gasteiger partial charge < -0.3 is 25.8 Å². The first kappa shape index (κ1) is 28.6. The molecule has 2 aromatic carbocycles. The largest absolute Gasteiger partial charge is 0.330 e. The summed E-state index contributed by atoms with van der Waals surface area (Å²) in [6.45, 7) is 6.85. The van der Waals surface area contributed by atoms with E-state index < -0.39 is 0 Å². The first-order valence-electron chi connectivity index (χ1n) is 13.4. The zero-order valence-corrected chi connectivity index (χ0v) is 23.6. The van der Waals surface area contributed by atoms with Crippen LogP contribution in [0.5, 0.6) is 0 Å². The highest BCUT2D eigenvalue weighted by Gasteiger charge is 2.40. The number of benzene rings is 2. The minimum Gasteiger partial charge on any atom is -0.330 e. The third kappa shape index (κ3) is 6.58. The lowest BCUT2D eigenvalue weighted by Crippen LogP contribution is -2.44. The molecule has 4 N–H and O–H groups in total. The molecule has 0 radical (unpaired) electrons. The number of carbonyl (C=O) groups is 3. The number of fused-ring (bicyclic) bond motifs is 1. The number of likely N-dealkylation sites (N-methyl/N-ethyl adjacent to an activating group) is 1. The maximum absolute atomic E-state index is 13.6. The molecule has 0 saturated carbocycles. The fourth-order valence-corrected chi connectivity index (χ4v) is 4.94. The summed E-state index contributed by atoms with van der Waals surface area (Å²) >= 11 is 0. The Balaban J connectivity index is 1.49. The highest BCUT2D eigenvalue weighted by atomic mass is 16.2. The molecule has 40 heavy (non-hydrogen) atoms. The van der Waals surface area contributed by atoms with Crippen molar-refractivity contribution in [3.8, 4) is 0 Å². The van der Waals surface area contributed by atoms with Gasteiger partial charge in [0.15, 0.2) is 5.82 Å². The summed E-state index contributed by atoms with van der Waals surface area (Å²) in [4.78, 5) is 42.3. The molecule has 210 valence electrons. The number of amides is 4. The summed E-state index contributed by atoms with van der Waals surface area (Å²) in [5.41, 5.74) is 3.66. The zero-order valence-electron chi connectivity index (χ0n) is 23.6. The second-order valence-electron chi connectivity index (χ2n) is 10.5. The van der Waals surface area contributed by atoms with Gasteiger partial charge in [0, 0.05) is 23.4 Å². The Labute approximate surface area is 234 Å². The summed E-state index contributed by atoms with van der Waals surface area (Å²) in [7, 11) is 3.96. The van der Waals surface area contributed by atoms with Crippen molar-refractivity contribution in [1.29, 1.82) is 0 Å².